The molecule has 2 aromatic rings. The van der Waals surface area contributed by atoms with Crippen molar-refractivity contribution in [1.82, 2.24) is 0 Å². The third kappa shape index (κ3) is 2.21. The number of aryl methyl sites for hydroxylation is 1. The monoisotopic (exact) mass is 209 g/mol. The third-order valence-corrected chi connectivity index (χ3v) is 2.25. The lowest BCUT2D eigenvalue weighted by Crippen LogP contribution is -1.79. The van der Waals surface area contributed by atoms with Gasteiger partial charge in [0.05, 0.1) is 11.6 Å². The molecule has 0 unspecified atom stereocenters. The van der Waals surface area contributed by atoms with Crippen molar-refractivity contribution in [1.29, 1.82) is 5.26 Å². The summed E-state index contributed by atoms with van der Waals surface area (Å²) in [5, 5.41) is 9.09. The first-order valence-electron chi connectivity index (χ1n) is 5.03. The van der Waals surface area contributed by atoms with Crippen molar-refractivity contribution >= 4 is 11.6 Å². The van der Waals surface area contributed by atoms with Gasteiger partial charge in [-0.25, -0.2) is 0 Å². The third-order valence-electron chi connectivity index (χ3n) is 2.25. The van der Waals surface area contributed by atoms with E-state index in [1.807, 2.05) is 49.4 Å². The summed E-state index contributed by atoms with van der Waals surface area (Å²) < 4.78 is 5.41. The van der Waals surface area contributed by atoms with Crippen LogP contribution in [0.2, 0.25) is 0 Å². The Morgan fingerprint density at radius 3 is 2.50 bits per heavy atom. The van der Waals surface area contributed by atoms with Crippen LogP contribution in [0.25, 0.3) is 11.6 Å². The van der Waals surface area contributed by atoms with Crippen molar-refractivity contribution in [2.24, 2.45) is 0 Å². The molecule has 0 aliphatic heterocycles. The first-order chi connectivity index (χ1) is 7.79. The highest BCUT2D eigenvalue weighted by Gasteiger charge is 2.01. The predicted octanol–water partition coefficient (Wildman–Crippen LogP) is 3.65. The molecule has 1 heterocycles. The van der Waals surface area contributed by atoms with Crippen LogP contribution in [0.15, 0.2) is 46.9 Å². The Bertz CT molecular complexity index is 544. The average Bonchev–Trinajstić information content (AvgIpc) is 2.73. The van der Waals surface area contributed by atoms with Crippen molar-refractivity contribution < 1.29 is 4.42 Å². The number of allylic oxidation sites excluding steroid dienone is 1. The summed E-state index contributed by atoms with van der Waals surface area (Å²) in [7, 11) is 0. The Morgan fingerprint density at radius 1 is 1.19 bits per heavy atom. The Labute approximate surface area is 94.4 Å². The van der Waals surface area contributed by atoms with E-state index in [1.54, 1.807) is 6.08 Å². The fraction of sp³-hybridized carbons (Fsp3) is 0.0714. The highest BCUT2D eigenvalue weighted by atomic mass is 16.3. The van der Waals surface area contributed by atoms with Crippen molar-refractivity contribution in [2.45, 2.75) is 6.92 Å². The SMILES string of the molecule is Cc1ccc(/C=C(/C#N)c2ccccc2)o1. The molecule has 16 heavy (non-hydrogen) atoms. The van der Waals surface area contributed by atoms with Gasteiger partial charge in [-0.1, -0.05) is 30.3 Å². The molecule has 78 valence electrons. The number of hydrogen-bond donors (Lipinski definition) is 0. The average molecular weight is 209 g/mol. The van der Waals surface area contributed by atoms with Gasteiger partial charge in [-0.3, -0.25) is 0 Å². The zero-order valence-corrected chi connectivity index (χ0v) is 8.97. The van der Waals surface area contributed by atoms with E-state index in [1.165, 1.54) is 0 Å². The smallest absolute Gasteiger partial charge is 0.128 e. The molecule has 0 spiro atoms. The van der Waals surface area contributed by atoms with Crippen LogP contribution < -0.4 is 0 Å². The van der Waals surface area contributed by atoms with E-state index in [9.17, 15) is 0 Å². The second-order valence-corrected chi connectivity index (χ2v) is 3.48. The Balaban J connectivity index is 2.38. The minimum absolute atomic E-state index is 0.606. The lowest BCUT2D eigenvalue weighted by Gasteiger charge is -1.96. The summed E-state index contributed by atoms with van der Waals surface area (Å²) >= 11 is 0. The molecule has 0 radical (unpaired) electrons. The van der Waals surface area contributed by atoms with E-state index in [4.69, 9.17) is 9.68 Å². The molecule has 1 aromatic carbocycles. The lowest BCUT2D eigenvalue weighted by atomic mass is 10.1. The fourth-order valence-electron chi connectivity index (χ4n) is 1.47. The molecule has 0 saturated carbocycles. The highest BCUT2D eigenvalue weighted by Crippen LogP contribution is 2.18. The zero-order valence-electron chi connectivity index (χ0n) is 8.97. The molecular formula is C14H11NO. The van der Waals surface area contributed by atoms with Crippen LogP contribution in [-0.2, 0) is 0 Å². The molecule has 0 aliphatic rings. The van der Waals surface area contributed by atoms with Gasteiger partial charge in [0.2, 0.25) is 0 Å². The first-order valence-corrected chi connectivity index (χ1v) is 5.03. The molecule has 0 N–H and O–H groups in total. The quantitative estimate of drug-likeness (QED) is 0.708. The minimum Gasteiger partial charge on any atom is -0.462 e. The number of hydrogen-bond acceptors (Lipinski definition) is 2. The zero-order chi connectivity index (χ0) is 11.4. The molecule has 0 amide bonds. The lowest BCUT2D eigenvalue weighted by molar-refractivity contribution is 0.525. The topological polar surface area (TPSA) is 36.9 Å². The standard InChI is InChI=1S/C14H11NO/c1-11-7-8-14(16-11)9-13(10-15)12-5-3-2-4-6-12/h2-9H,1H3/b13-9-. The van der Waals surface area contributed by atoms with Gasteiger partial charge in [0.15, 0.2) is 0 Å². The van der Waals surface area contributed by atoms with Crippen molar-refractivity contribution in [2.75, 3.05) is 0 Å². The maximum Gasteiger partial charge on any atom is 0.128 e. The van der Waals surface area contributed by atoms with Crippen LogP contribution in [0.4, 0.5) is 0 Å². The van der Waals surface area contributed by atoms with Gasteiger partial charge in [0.1, 0.15) is 11.5 Å². The first kappa shape index (κ1) is 10.3. The summed E-state index contributed by atoms with van der Waals surface area (Å²) in [6.07, 6.45) is 1.75. The fourth-order valence-corrected chi connectivity index (χ4v) is 1.47. The maximum absolute atomic E-state index is 9.09. The van der Waals surface area contributed by atoms with Crippen LogP contribution >= 0.6 is 0 Å². The second-order valence-electron chi connectivity index (χ2n) is 3.48. The second kappa shape index (κ2) is 4.50. The van der Waals surface area contributed by atoms with Gasteiger partial charge in [0.25, 0.3) is 0 Å². The summed E-state index contributed by atoms with van der Waals surface area (Å²) in [6.45, 7) is 1.88. The molecule has 2 heteroatoms. The molecule has 0 fully saturated rings. The van der Waals surface area contributed by atoms with Crippen LogP contribution in [0.1, 0.15) is 17.1 Å². The minimum atomic E-state index is 0.606. The van der Waals surface area contributed by atoms with Gasteiger partial charge in [-0.15, -0.1) is 0 Å². The van der Waals surface area contributed by atoms with Crippen LogP contribution in [0, 0.1) is 18.3 Å². The molecule has 0 aliphatic carbocycles. The number of rotatable bonds is 2. The van der Waals surface area contributed by atoms with Gasteiger partial charge in [-0.05, 0) is 30.7 Å². The molecular weight excluding hydrogens is 198 g/mol. The van der Waals surface area contributed by atoms with E-state index in [-0.39, 0.29) is 0 Å². The summed E-state index contributed by atoms with van der Waals surface area (Å²) in [5.41, 5.74) is 1.51. The molecule has 0 atom stereocenters. The number of nitriles is 1. The van der Waals surface area contributed by atoms with Crippen molar-refractivity contribution in [3.05, 3.63) is 59.5 Å². The van der Waals surface area contributed by atoms with E-state index in [2.05, 4.69) is 6.07 Å². The predicted molar refractivity (Wildman–Crippen MR) is 63.4 cm³/mol. The summed E-state index contributed by atoms with van der Waals surface area (Å²) in [6, 6.07) is 15.5. The van der Waals surface area contributed by atoms with E-state index in [0.29, 0.717) is 11.3 Å². The van der Waals surface area contributed by atoms with Gasteiger partial charge in [-0.2, -0.15) is 5.26 Å². The van der Waals surface area contributed by atoms with Gasteiger partial charge in [0, 0.05) is 0 Å². The number of furan rings is 1. The van der Waals surface area contributed by atoms with Gasteiger partial charge >= 0.3 is 0 Å². The number of nitrogens with zero attached hydrogens (tertiary/aromatic N) is 1. The summed E-state index contributed by atoms with van der Waals surface area (Å²) in [5.74, 6) is 1.55. The van der Waals surface area contributed by atoms with Crippen molar-refractivity contribution in [3.63, 3.8) is 0 Å². The molecule has 1 aromatic heterocycles. The Kier molecular flexibility index (Phi) is 2.88. The van der Waals surface area contributed by atoms with E-state index in [0.717, 1.165) is 11.3 Å². The van der Waals surface area contributed by atoms with Crippen LogP contribution in [0.3, 0.4) is 0 Å². The molecule has 2 rings (SSSR count). The summed E-state index contributed by atoms with van der Waals surface area (Å²) in [4.78, 5) is 0. The van der Waals surface area contributed by atoms with E-state index < -0.39 is 0 Å². The normalized spacial score (nSPS) is 11.1. The maximum atomic E-state index is 9.09. The molecule has 0 saturated heterocycles. The molecule has 0 bridgehead atoms. The van der Waals surface area contributed by atoms with Gasteiger partial charge < -0.3 is 4.42 Å². The Hall–Kier alpha value is -2.27. The number of benzene rings is 1. The molecule has 2 nitrogen and oxygen atoms in total. The Morgan fingerprint density at radius 2 is 1.94 bits per heavy atom. The van der Waals surface area contributed by atoms with Crippen LogP contribution in [-0.4, -0.2) is 0 Å². The highest BCUT2D eigenvalue weighted by molar-refractivity contribution is 5.88. The van der Waals surface area contributed by atoms with Crippen molar-refractivity contribution in [3.8, 4) is 6.07 Å². The van der Waals surface area contributed by atoms with E-state index >= 15 is 0 Å². The largest absolute Gasteiger partial charge is 0.462 e. The van der Waals surface area contributed by atoms with Crippen LogP contribution in [0.5, 0.6) is 0 Å².